The van der Waals surface area contributed by atoms with E-state index in [9.17, 15) is 22.4 Å². The van der Waals surface area contributed by atoms with Crippen LogP contribution in [0.3, 0.4) is 0 Å². The summed E-state index contributed by atoms with van der Waals surface area (Å²) in [6, 6.07) is 15.0. The number of alkyl halides is 3. The zero-order valence-corrected chi connectivity index (χ0v) is 19.6. The Kier molecular flexibility index (Phi) is 6.70. The molecule has 2 N–H and O–H groups in total. The fourth-order valence-corrected chi connectivity index (χ4v) is 5.32. The first kappa shape index (κ1) is 24.3. The summed E-state index contributed by atoms with van der Waals surface area (Å²) in [5.74, 6) is -0.459. The molecule has 1 aromatic heterocycles. The van der Waals surface area contributed by atoms with Crippen LogP contribution in [0.5, 0.6) is 0 Å². The lowest BCUT2D eigenvalue weighted by Gasteiger charge is -2.20. The molecular formula is C26H27F4N5O. The minimum Gasteiger partial charge on any atom is -0.337 e. The molecule has 0 saturated carbocycles. The van der Waals surface area contributed by atoms with E-state index in [1.54, 1.807) is 16.8 Å². The van der Waals surface area contributed by atoms with Gasteiger partial charge in [-0.2, -0.15) is 18.3 Å². The number of hydrogen-bond acceptors (Lipinski definition) is 3. The number of hydrogen-bond donors (Lipinski definition) is 2. The Morgan fingerprint density at radius 1 is 1.06 bits per heavy atom. The van der Waals surface area contributed by atoms with Gasteiger partial charge in [0.2, 0.25) is 0 Å². The maximum atomic E-state index is 13.8. The molecule has 2 aromatic carbocycles. The lowest BCUT2D eigenvalue weighted by Crippen LogP contribution is -2.37. The van der Waals surface area contributed by atoms with Crippen molar-refractivity contribution >= 4 is 11.8 Å². The van der Waals surface area contributed by atoms with Gasteiger partial charge in [-0.3, -0.25) is 10.2 Å². The second-order valence-electron chi connectivity index (χ2n) is 9.44. The number of aryl methyl sites for hydroxylation is 1. The predicted octanol–water partition coefficient (Wildman–Crippen LogP) is 4.90. The standard InChI is InChI=1S/C26H27F4N5O/c27-19-7-4-6-17(12-19)22-15-34(16-26(28,29)30)14-18(22)13-31-25(36)32-24-21-10-5-11-23(21)33-35(24)20-8-2-1-3-9-20/h1-4,6-9,12,18,22H,5,10-11,13-16H2,(H2,31,32,36)/t18-,22+/m0/s1. The number of nitrogens with zero attached hydrogens (tertiary/aromatic N) is 3. The Bertz CT molecular complexity index is 1230. The Hall–Kier alpha value is -3.40. The Balaban J connectivity index is 1.30. The number of para-hydroxylation sites is 1. The minimum absolute atomic E-state index is 0.144. The van der Waals surface area contributed by atoms with Crippen LogP contribution in [0, 0.1) is 11.7 Å². The van der Waals surface area contributed by atoms with Crippen molar-refractivity contribution in [2.24, 2.45) is 5.92 Å². The molecule has 36 heavy (non-hydrogen) atoms. The number of aromatic nitrogens is 2. The van der Waals surface area contributed by atoms with Crippen LogP contribution in [0.25, 0.3) is 5.69 Å². The Morgan fingerprint density at radius 3 is 2.61 bits per heavy atom. The van der Waals surface area contributed by atoms with Gasteiger partial charge in [-0.25, -0.2) is 13.9 Å². The second-order valence-corrected chi connectivity index (χ2v) is 9.44. The fourth-order valence-electron chi connectivity index (χ4n) is 5.32. The molecule has 2 amide bonds. The Morgan fingerprint density at radius 2 is 1.86 bits per heavy atom. The molecule has 2 heterocycles. The summed E-state index contributed by atoms with van der Waals surface area (Å²) in [7, 11) is 0. The molecule has 6 nitrogen and oxygen atoms in total. The third-order valence-corrected chi connectivity index (χ3v) is 6.86. The van der Waals surface area contributed by atoms with Gasteiger partial charge < -0.3 is 5.32 Å². The average molecular weight is 502 g/mol. The number of anilines is 1. The first-order valence-corrected chi connectivity index (χ1v) is 12.0. The fraction of sp³-hybridized carbons (Fsp3) is 0.385. The molecule has 1 fully saturated rings. The zero-order valence-electron chi connectivity index (χ0n) is 19.6. The van der Waals surface area contributed by atoms with Crippen molar-refractivity contribution in [2.45, 2.75) is 31.4 Å². The number of likely N-dealkylation sites (tertiary alicyclic amines) is 1. The van der Waals surface area contributed by atoms with Crippen LogP contribution in [0.15, 0.2) is 54.6 Å². The topological polar surface area (TPSA) is 62.2 Å². The first-order valence-electron chi connectivity index (χ1n) is 12.0. The second kappa shape index (κ2) is 9.93. The largest absolute Gasteiger partial charge is 0.401 e. The molecule has 2 atom stereocenters. The number of fused-ring (bicyclic) bond motifs is 1. The summed E-state index contributed by atoms with van der Waals surface area (Å²) in [5.41, 5.74) is 3.42. The van der Waals surface area contributed by atoms with Crippen LogP contribution >= 0.6 is 0 Å². The number of nitrogens with one attached hydrogen (secondary N) is 2. The number of halogens is 4. The van der Waals surface area contributed by atoms with Crippen molar-refractivity contribution in [3.63, 3.8) is 0 Å². The van der Waals surface area contributed by atoms with Gasteiger partial charge in [0.15, 0.2) is 0 Å². The van der Waals surface area contributed by atoms with Gasteiger partial charge in [-0.1, -0.05) is 30.3 Å². The smallest absolute Gasteiger partial charge is 0.337 e. The van der Waals surface area contributed by atoms with Crippen molar-refractivity contribution in [1.82, 2.24) is 20.0 Å². The van der Waals surface area contributed by atoms with E-state index in [1.165, 1.54) is 17.0 Å². The van der Waals surface area contributed by atoms with Gasteiger partial charge in [-0.15, -0.1) is 0 Å². The summed E-state index contributed by atoms with van der Waals surface area (Å²) in [6.07, 6.45) is -1.70. The normalized spacial score (nSPS) is 19.9. The van der Waals surface area contributed by atoms with Crippen molar-refractivity contribution in [1.29, 1.82) is 0 Å². The SMILES string of the molecule is O=C(NC[C@H]1CN(CC(F)(F)F)C[C@@H]1c1cccc(F)c1)Nc1c2c(nn1-c1ccccc1)CCC2. The number of urea groups is 1. The van der Waals surface area contributed by atoms with Gasteiger partial charge in [-0.05, 0) is 55.0 Å². The molecule has 1 aliphatic heterocycles. The van der Waals surface area contributed by atoms with Crippen LogP contribution in [0.2, 0.25) is 0 Å². The molecule has 3 aromatic rings. The highest BCUT2D eigenvalue weighted by Gasteiger charge is 2.39. The van der Waals surface area contributed by atoms with Gasteiger partial charge >= 0.3 is 12.2 Å². The van der Waals surface area contributed by atoms with E-state index < -0.39 is 24.6 Å². The lowest BCUT2D eigenvalue weighted by molar-refractivity contribution is -0.143. The first-order chi connectivity index (χ1) is 17.3. The van der Waals surface area contributed by atoms with Crippen LogP contribution in [0.1, 0.15) is 29.2 Å². The zero-order chi connectivity index (χ0) is 25.3. The van der Waals surface area contributed by atoms with Crippen LogP contribution in [-0.2, 0) is 12.8 Å². The summed E-state index contributed by atoms with van der Waals surface area (Å²) in [4.78, 5) is 14.3. The highest BCUT2D eigenvalue weighted by molar-refractivity contribution is 5.89. The number of carbonyl (C=O) groups excluding carboxylic acids is 1. The Labute approximate surface area is 206 Å². The minimum atomic E-state index is -4.33. The summed E-state index contributed by atoms with van der Waals surface area (Å²) < 4.78 is 54.7. The molecule has 2 aliphatic rings. The van der Waals surface area contributed by atoms with E-state index in [-0.39, 0.29) is 31.5 Å². The van der Waals surface area contributed by atoms with Gasteiger partial charge in [0.1, 0.15) is 11.6 Å². The van der Waals surface area contributed by atoms with E-state index in [2.05, 4.69) is 15.7 Å². The van der Waals surface area contributed by atoms with Crippen molar-refractivity contribution < 1.29 is 22.4 Å². The average Bonchev–Trinajstić information content (AvgIpc) is 3.53. The summed E-state index contributed by atoms with van der Waals surface area (Å²) >= 11 is 0. The van der Waals surface area contributed by atoms with Crippen LogP contribution in [-0.4, -0.2) is 53.1 Å². The van der Waals surface area contributed by atoms with Gasteiger partial charge in [0, 0.05) is 31.1 Å². The number of amides is 2. The molecule has 0 spiro atoms. The molecule has 0 radical (unpaired) electrons. The van der Waals surface area contributed by atoms with E-state index in [1.807, 2.05) is 30.3 Å². The number of benzene rings is 2. The van der Waals surface area contributed by atoms with Crippen molar-refractivity contribution in [2.75, 3.05) is 31.5 Å². The van der Waals surface area contributed by atoms with Crippen LogP contribution < -0.4 is 10.6 Å². The maximum Gasteiger partial charge on any atom is 0.401 e. The molecule has 1 saturated heterocycles. The third kappa shape index (κ3) is 5.38. The number of carbonyl (C=O) groups is 1. The molecule has 190 valence electrons. The molecule has 1 aliphatic carbocycles. The van der Waals surface area contributed by atoms with Gasteiger partial charge in [0.25, 0.3) is 0 Å². The van der Waals surface area contributed by atoms with E-state index >= 15 is 0 Å². The maximum absolute atomic E-state index is 13.8. The van der Waals surface area contributed by atoms with E-state index in [4.69, 9.17) is 0 Å². The quantitative estimate of drug-likeness (QED) is 0.473. The molecule has 10 heteroatoms. The lowest BCUT2D eigenvalue weighted by atomic mass is 9.89. The van der Waals surface area contributed by atoms with Crippen LogP contribution in [0.4, 0.5) is 28.2 Å². The summed E-state index contributed by atoms with van der Waals surface area (Å²) in [6.45, 7) is -0.587. The highest BCUT2D eigenvalue weighted by Crippen LogP contribution is 2.35. The van der Waals surface area contributed by atoms with Crippen molar-refractivity contribution in [3.05, 3.63) is 77.2 Å². The number of rotatable bonds is 6. The third-order valence-electron chi connectivity index (χ3n) is 6.86. The van der Waals surface area contributed by atoms with Crippen molar-refractivity contribution in [3.8, 4) is 5.69 Å². The summed E-state index contributed by atoms with van der Waals surface area (Å²) in [5, 5.41) is 10.4. The highest BCUT2D eigenvalue weighted by atomic mass is 19.4. The van der Waals surface area contributed by atoms with E-state index in [0.29, 0.717) is 11.4 Å². The van der Waals surface area contributed by atoms with Gasteiger partial charge in [0.05, 0.1) is 17.9 Å². The molecule has 0 bridgehead atoms. The molecule has 0 unspecified atom stereocenters. The molecule has 5 rings (SSSR count). The monoisotopic (exact) mass is 501 g/mol. The molecular weight excluding hydrogens is 474 g/mol. The van der Waals surface area contributed by atoms with E-state index in [0.717, 1.165) is 36.2 Å². The predicted molar refractivity (Wildman–Crippen MR) is 128 cm³/mol.